The van der Waals surface area contributed by atoms with Gasteiger partial charge in [0.1, 0.15) is 5.69 Å². The molecular weight excluding hydrogens is 238 g/mol. The number of carbonyl (C=O) groups excluding carboxylic acids is 1. The van der Waals surface area contributed by atoms with Crippen LogP contribution in [0.3, 0.4) is 0 Å². The monoisotopic (exact) mass is 247 g/mol. The van der Waals surface area contributed by atoms with Crippen molar-refractivity contribution >= 4 is 23.2 Å². The van der Waals surface area contributed by atoms with Gasteiger partial charge in [-0.3, -0.25) is 9.78 Å². The van der Waals surface area contributed by atoms with E-state index in [4.69, 9.17) is 11.6 Å². The highest BCUT2D eigenvalue weighted by molar-refractivity contribution is 6.31. The highest BCUT2D eigenvalue weighted by Crippen LogP contribution is 2.23. The summed E-state index contributed by atoms with van der Waals surface area (Å²) < 4.78 is 0. The third-order valence-electron chi connectivity index (χ3n) is 2.31. The molecule has 86 valence electrons. The summed E-state index contributed by atoms with van der Waals surface area (Å²) in [6, 6.07) is 5.34. The van der Waals surface area contributed by atoms with E-state index in [1.54, 1.807) is 18.2 Å². The third-order valence-corrected chi connectivity index (χ3v) is 2.72. The molecule has 0 aliphatic carbocycles. The molecule has 0 aliphatic heterocycles. The molecule has 17 heavy (non-hydrogen) atoms. The number of carbonyl (C=O) groups is 1. The lowest BCUT2D eigenvalue weighted by Gasteiger charge is -2.08. The van der Waals surface area contributed by atoms with Crippen LogP contribution in [-0.2, 0) is 0 Å². The standard InChI is InChI=1S/C12H10ClN3O/c1-8-9(13)3-2-4-10(8)16-12(17)11-7-14-5-6-15-11/h2-7H,1H3,(H,16,17). The average molecular weight is 248 g/mol. The van der Waals surface area contributed by atoms with Crippen molar-refractivity contribution in [2.75, 3.05) is 5.32 Å². The number of anilines is 1. The molecule has 1 amide bonds. The zero-order valence-corrected chi connectivity index (χ0v) is 9.90. The minimum atomic E-state index is -0.302. The van der Waals surface area contributed by atoms with Gasteiger partial charge in [0.05, 0.1) is 6.20 Å². The van der Waals surface area contributed by atoms with E-state index in [-0.39, 0.29) is 11.6 Å². The molecule has 5 heteroatoms. The first-order chi connectivity index (χ1) is 8.18. The van der Waals surface area contributed by atoms with Gasteiger partial charge in [-0.05, 0) is 24.6 Å². The van der Waals surface area contributed by atoms with Crippen LogP contribution in [0.1, 0.15) is 16.1 Å². The van der Waals surface area contributed by atoms with Crippen molar-refractivity contribution in [3.05, 3.63) is 53.1 Å². The fourth-order valence-corrected chi connectivity index (χ4v) is 1.52. The Kier molecular flexibility index (Phi) is 3.35. The fraction of sp³-hybridized carbons (Fsp3) is 0.0833. The molecule has 4 nitrogen and oxygen atoms in total. The number of nitrogens with one attached hydrogen (secondary N) is 1. The molecule has 0 radical (unpaired) electrons. The van der Waals surface area contributed by atoms with Crippen molar-refractivity contribution in [2.24, 2.45) is 0 Å². The van der Waals surface area contributed by atoms with E-state index in [1.165, 1.54) is 18.6 Å². The lowest BCUT2D eigenvalue weighted by molar-refractivity contribution is 0.102. The summed E-state index contributed by atoms with van der Waals surface area (Å²) in [5, 5.41) is 3.35. The summed E-state index contributed by atoms with van der Waals surface area (Å²) >= 11 is 5.96. The molecule has 1 aromatic carbocycles. The van der Waals surface area contributed by atoms with Gasteiger partial charge in [0.25, 0.3) is 5.91 Å². The quantitative estimate of drug-likeness (QED) is 0.888. The number of benzene rings is 1. The average Bonchev–Trinajstić information content (AvgIpc) is 2.36. The number of aromatic nitrogens is 2. The molecule has 0 aliphatic rings. The van der Waals surface area contributed by atoms with Gasteiger partial charge in [-0.15, -0.1) is 0 Å². The van der Waals surface area contributed by atoms with E-state index >= 15 is 0 Å². The first-order valence-electron chi connectivity index (χ1n) is 5.01. The molecule has 0 saturated carbocycles. The van der Waals surface area contributed by atoms with Gasteiger partial charge in [0.2, 0.25) is 0 Å². The van der Waals surface area contributed by atoms with Crippen LogP contribution in [-0.4, -0.2) is 15.9 Å². The lowest BCUT2D eigenvalue weighted by atomic mass is 10.2. The van der Waals surface area contributed by atoms with Gasteiger partial charge >= 0.3 is 0 Å². The Morgan fingerprint density at radius 1 is 1.35 bits per heavy atom. The highest BCUT2D eigenvalue weighted by Gasteiger charge is 2.09. The lowest BCUT2D eigenvalue weighted by Crippen LogP contribution is -2.14. The van der Waals surface area contributed by atoms with E-state index in [0.717, 1.165) is 5.56 Å². The van der Waals surface area contributed by atoms with Gasteiger partial charge in [-0.25, -0.2) is 4.98 Å². The zero-order chi connectivity index (χ0) is 12.3. The van der Waals surface area contributed by atoms with Crippen LogP contribution < -0.4 is 5.32 Å². The zero-order valence-electron chi connectivity index (χ0n) is 9.14. The maximum Gasteiger partial charge on any atom is 0.275 e. The van der Waals surface area contributed by atoms with E-state index in [9.17, 15) is 4.79 Å². The Hall–Kier alpha value is -1.94. The molecule has 0 bridgehead atoms. The van der Waals surface area contributed by atoms with Crippen molar-refractivity contribution < 1.29 is 4.79 Å². The van der Waals surface area contributed by atoms with E-state index in [2.05, 4.69) is 15.3 Å². The number of hydrogen-bond donors (Lipinski definition) is 1. The van der Waals surface area contributed by atoms with Crippen LogP contribution in [0.4, 0.5) is 5.69 Å². The van der Waals surface area contributed by atoms with Gasteiger partial charge < -0.3 is 5.32 Å². The van der Waals surface area contributed by atoms with Crippen molar-refractivity contribution in [1.29, 1.82) is 0 Å². The van der Waals surface area contributed by atoms with Gasteiger partial charge in [-0.1, -0.05) is 17.7 Å². The van der Waals surface area contributed by atoms with Crippen LogP contribution in [0.2, 0.25) is 5.02 Å². The van der Waals surface area contributed by atoms with E-state index in [1.807, 2.05) is 6.92 Å². The van der Waals surface area contributed by atoms with Crippen LogP contribution in [0.25, 0.3) is 0 Å². The Morgan fingerprint density at radius 2 is 2.18 bits per heavy atom. The second kappa shape index (κ2) is 4.93. The number of halogens is 1. The summed E-state index contributed by atoms with van der Waals surface area (Å²) in [7, 11) is 0. The molecule has 0 saturated heterocycles. The van der Waals surface area contributed by atoms with Gasteiger partial charge in [-0.2, -0.15) is 0 Å². The van der Waals surface area contributed by atoms with Crippen LogP contribution in [0.5, 0.6) is 0 Å². The third kappa shape index (κ3) is 2.60. The molecule has 1 N–H and O–H groups in total. The maximum atomic E-state index is 11.8. The normalized spacial score (nSPS) is 10.0. The second-order valence-corrected chi connectivity index (χ2v) is 3.86. The number of amides is 1. The topological polar surface area (TPSA) is 54.9 Å². The van der Waals surface area contributed by atoms with E-state index < -0.39 is 0 Å². The minimum Gasteiger partial charge on any atom is -0.320 e. The Balaban J connectivity index is 2.22. The van der Waals surface area contributed by atoms with Crippen molar-refractivity contribution in [1.82, 2.24) is 9.97 Å². The largest absolute Gasteiger partial charge is 0.320 e. The molecule has 2 rings (SSSR count). The number of rotatable bonds is 2. The molecule has 2 aromatic rings. The molecule has 0 fully saturated rings. The highest BCUT2D eigenvalue weighted by atomic mass is 35.5. The summed E-state index contributed by atoms with van der Waals surface area (Å²) in [5.41, 5.74) is 1.77. The predicted molar refractivity (Wildman–Crippen MR) is 66.2 cm³/mol. The Labute approximate surface area is 104 Å². The first-order valence-corrected chi connectivity index (χ1v) is 5.39. The summed E-state index contributed by atoms with van der Waals surface area (Å²) in [6.45, 7) is 1.84. The smallest absolute Gasteiger partial charge is 0.275 e. The van der Waals surface area contributed by atoms with Crippen LogP contribution in [0.15, 0.2) is 36.8 Å². The second-order valence-electron chi connectivity index (χ2n) is 3.46. The van der Waals surface area contributed by atoms with Crippen LogP contribution >= 0.6 is 11.6 Å². The minimum absolute atomic E-state index is 0.270. The van der Waals surface area contributed by atoms with Crippen LogP contribution in [0, 0.1) is 6.92 Å². The molecule has 1 aromatic heterocycles. The summed E-state index contributed by atoms with van der Waals surface area (Å²) in [6.07, 6.45) is 4.40. The predicted octanol–water partition coefficient (Wildman–Crippen LogP) is 2.69. The molecule has 1 heterocycles. The van der Waals surface area contributed by atoms with Crippen molar-refractivity contribution in [3.8, 4) is 0 Å². The van der Waals surface area contributed by atoms with Crippen molar-refractivity contribution in [2.45, 2.75) is 6.92 Å². The summed E-state index contributed by atoms with van der Waals surface area (Å²) in [4.78, 5) is 19.6. The first kappa shape index (κ1) is 11.5. The van der Waals surface area contributed by atoms with Gasteiger partial charge in [0, 0.05) is 23.1 Å². The number of nitrogens with zero attached hydrogens (tertiary/aromatic N) is 2. The fourth-order valence-electron chi connectivity index (χ4n) is 1.35. The maximum absolute atomic E-state index is 11.8. The Bertz CT molecular complexity index is 543. The Morgan fingerprint density at radius 3 is 2.88 bits per heavy atom. The SMILES string of the molecule is Cc1c(Cl)cccc1NC(=O)c1cnccn1. The van der Waals surface area contributed by atoms with Gasteiger partial charge in [0.15, 0.2) is 0 Å². The molecule has 0 spiro atoms. The van der Waals surface area contributed by atoms with E-state index in [0.29, 0.717) is 10.7 Å². The molecule has 0 unspecified atom stereocenters. The van der Waals surface area contributed by atoms with Crippen molar-refractivity contribution in [3.63, 3.8) is 0 Å². The molecule has 0 atom stereocenters. The molecular formula is C12H10ClN3O. The summed E-state index contributed by atoms with van der Waals surface area (Å²) in [5.74, 6) is -0.302. The number of hydrogen-bond acceptors (Lipinski definition) is 3.